The fourth-order valence-electron chi connectivity index (χ4n) is 2.30. The smallest absolute Gasteiger partial charge is 0.421 e. The van der Waals surface area contributed by atoms with E-state index in [9.17, 15) is 13.2 Å². The number of rotatable bonds is 10. The zero-order chi connectivity index (χ0) is 18.7. The van der Waals surface area contributed by atoms with Crippen LogP contribution in [0.3, 0.4) is 0 Å². The number of carbonyl (C=O) groups is 1. The topological polar surface area (TPSA) is 72.5 Å². The first-order valence-corrected chi connectivity index (χ1v) is 10.0. The molecule has 1 rings (SSSR count). The van der Waals surface area contributed by atoms with Crippen LogP contribution in [0.25, 0.3) is 0 Å². The maximum absolute atomic E-state index is 12.2. The highest BCUT2D eigenvalue weighted by Crippen LogP contribution is 2.13. The van der Waals surface area contributed by atoms with Crippen LogP contribution in [-0.4, -0.2) is 20.6 Å². The number of hydrogen-bond donors (Lipinski definition) is 1. The van der Waals surface area contributed by atoms with Crippen molar-refractivity contribution in [3.05, 3.63) is 48.2 Å². The van der Waals surface area contributed by atoms with E-state index in [-0.39, 0.29) is 4.90 Å². The predicted octanol–water partition coefficient (Wildman–Crippen LogP) is 4.48. The normalized spacial score (nSPS) is 12.1. The van der Waals surface area contributed by atoms with Crippen LogP contribution < -0.4 is 4.72 Å². The third kappa shape index (κ3) is 8.05. The van der Waals surface area contributed by atoms with Gasteiger partial charge in [0.25, 0.3) is 10.0 Å². The Hall–Kier alpha value is -2.04. The lowest BCUT2D eigenvalue weighted by Crippen LogP contribution is -2.33. The van der Waals surface area contributed by atoms with Crippen molar-refractivity contribution in [1.29, 1.82) is 0 Å². The van der Waals surface area contributed by atoms with Crippen LogP contribution in [-0.2, 0) is 14.8 Å². The Balaban J connectivity index is 2.58. The van der Waals surface area contributed by atoms with Gasteiger partial charge in [0.05, 0.1) is 4.90 Å². The highest BCUT2D eigenvalue weighted by Gasteiger charge is 2.20. The molecule has 0 heterocycles. The highest BCUT2D eigenvalue weighted by molar-refractivity contribution is 7.90. The summed E-state index contributed by atoms with van der Waals surface area (Å²) in [4.78, 5) is 12.0. The van der Waals surface area contributed by atoms with Crippen molar-refractivity contribution in [2.75, 3.05) is 0 Å². The summed E-state index contributed by atoms with van der Waals surface area (Å²) in [5.41, 5.74) is 3.53. The molecule has 0 bridgehead atoms. The van der Waals surface area contributed by atoms with Gasteiger partial charge in [0.2, 0.25) is 0 Å². The van der Waals surface area contributed by atoms with Crippen LogP contribution in [0.4, 0.5) is 4.79 Å². The second-order valence-corrected chi connectivity index (χ2v) is 7.62. The van der Waals surface area contributed by atoms with E-state index < -0.39 is 22.2 Å². The fourth-order valence-corrected chi connectivity index (χ4v) is 3.18. The summed E-state index contributed by atoms with van der Waals surface area (Å²) < 4.78 is 31.5. The lowest BCUT2D eigenvalue weighted by molar-refractivity contribution is 0.120. The number of carbonyl (C=O) groups excluding carboxylic acids is 1. The molecule has 1 aromatic rings. The van der Waals surface area contributed by atoms with Gasteiger partial charge >= 0.3 is 6.09 Å². The zero-order valence-corrected chi connectivity index (χ0v) is 15.8. The van der Waals surface area contributed by atoms with Crippen LogP contribution in [0, 0.1) is 6.92 Å². The molecule has 0 saturated heterocycles. The molecule has 6 heteroatoms. The molecule has 0 aromatic heterocycles. The molecule has 1 N–H and O–H groups in total. The van der Waals surface area contributed by atoms with Crippen LogP contribution in [0.15, 0.2) is 47.5 Å². The SMILES string of the molecule is C=C=CC(CCCCCCC)OC(=O)NS(=O)(=O)c1ccc(C)cc1. The summed E-state index contributed by atoms with van der Waals surface area (Å²) in [7, 11) is -3.94. The van der Waals surface area contributed by atoms with Gasteiger partial charge in [-0.2, -0.15) is 0 Å². The van der Waals surface area contributed by atoms with Crippen molar-refractivity contribution in [3.8, 4) is 0 Å². The Morgan fingerprint density at radius 2 is 1.88 bits per heavy atom. The van der Waals surface area contributed by atoms with Crippen LogP contribution in [0.5, 0.6) is 0 Å². The van der Waals surface area contributed by atoms with Gasteiger partial charge in [-0.1, -0.05) is 56.9 Å². The Morgan fingerprint density at radius 3 is 2.48 bits per heavy atom. The summed E-state index contributed by atoms with van der Waals surface area (Å²) in [6.45, 7) is 7.48. The number of amides is 1. The second kappa shape index (κ2) is 10.7. The quantitative estimate of drug-likeness (QED) is 0.490. The minimum Gasteiger partial charge on any atom is -0.441 e. The third-order valence-corrected chi connectivity index (χ3v) is 5.03. The van der Waals surface area contributed by atoms with Gasteiger partial charge in [-0.25, -0.2) is 17.9 Å². The van der Waals surface area contributed by atoms with Gasteiger partial charge in [0, 0.05) is 0 Å². The molecule has 0 spiro atoms. The van der Waals surface area contributed by atoms with Crippen LogP contribution in [0.2, 0.25) is 0 Å². The number of sulfonamides is 1. The lowest BCUT2D eigenvalue weighted by Gasteiger charge is -2.14. The Bertz CT molecular complexity index is 689. The van der Waals surface area contributed by atoms with Crippen LogP contribution in [0.1, 0.15) is 51.0 Å². The molecular formula is C19H27NO4S. The Labute approximate surface area is 150 Å². The van der Waals surface area contributed by atoms with Crippen molar-refractivity contribution in [2.45, 2.75) is 63.4 Å². The molecule has 0 saturated carbocycles. The minimum atomic E-state index is -3.94. The van der Waals surface area contributed by atoms with E-state index in [1.807, 2.05) is 11.6 Å². The van der Waals surface area contributed by atoms with E-state index in [1.165, 1.54) is 24.6 Å². The van der Waals surface area contributed by atoms with Crippen molar-refractivity contribution in [3.63, 3.8) is 0 Å². The molecule has 138 valence electrons. The van der Waals surface area contributed by atoms with E-state index in [2.05, 4.69) is 19.2 Å². The summed E-state index contributed by atoms with van der Waals surface area (Å²) in [5.74, 6) is 0. The average molecular weight is 365 g/mol. The van der Waals surface area contributed by atoms with Crippen molar-refractivity contribution >= 4 is 16.1 Å². The molecule has 25 heavy (non-hydrogen) atoms. The Morgan fingerprint density at radius 1 is 1.24 bits per heavy atom. The second-order valence-electron chi connectivity index (χ2n) is 5.94. The molecular weight excluding hydrogens is 338 g/mol. The zero-order valence-electron chi connectivity index (χ0n) is 15.0. The molecule has 0 radical (unpaired) electrons. The minimum absolute atomic E-state index is 0.0189. The first-order valence-electron chi connectivity index (χ1n) is 8.55. The molecule has 0 aliphatic rings. The number of aryl methyl sites for hydroxylation is 1. The number of unbranched alkanes of at least 4 members (excludes halogenated alkanes) is 4. The standard InChI is InChI=1S/C19H27NO4S/c1-4-6-7-8-9-11-17(10-5-2)24-19(21)20-25(22,23)18-14-12-16(3)13-15-18/h10,12-15,17H,2,4,6-9,11H2,1,3H3,(H,20,21). The van der Waals surface area contributed by atoms with Gasteiger partial charge in [0.1, 0.15) is 6.10 Å². The first kappa shape index (κ1) is 21.0. The van der Waals surface area contributed by atoms with E-state index in [0.717, 1.165) is 31.2 Å². The average Bonchev–Trinajstić information content (AvgIpc) is 2.54. The monoisotopic (exact) mass is 365 g/mol. The van der Waals surface area contributed by atoms with E-state index in [0.29, 0.717) is 6.42 Å². The summed E-state index contributed by atoms with van der Waals surface area (Å²) >= 11 is 0. The first-order chi connectivity index (χ1) is 11.9. The number of benzene rings is 1. The summed E-state index contributed by atoms with van der Waals surface area (Å²) in [5, 5.41) is 0. The molecule has 1 unspecified atom stereocenters. The van der Waals surface area contributed by atoms with E-state index in [4.69, 9.17) is 4.74 Å². The summed E-state index contributed by atoms with van der Waals surface area (Å²) in [6.07, 6.45) is 6.03. The number of hydrogen-bond acceptors (Lipinski definition) is 4. The third-order valence-electron chi connectivity index (χ3n) is 3.70. The van der Waals surface area contributed by atoms with Gasteiger partial charge in [-0.05, 0) is 38.0 Å². The molecule has 1 amide bonds. The molecule has 5 nitrogen and oxygen atoms in total. The van der Waals surface area contributed by atoms with Crippen LogP contribution >= 0.6 is 0 Å². The highest BCUT2D eigenvalue weighted by atomic mass is 32.2. The van der Waals surface area contributed by atoms with Gasteiger partial charge in [-0.15, -0.1) is 5.73 Å². The maximum atomic E-state index is 12.2. The number of nitrogens with one attached hydrogen (secondary N) is 1. The van der Waals surface area contributed by atoms with Crippen molar-refractivity contribution < 1.29 is 17.9 Å². The molecule has 0 aliphatic carbocycles. The molecule has 1 atom stereocenters. The summed E-state index contributed by atoms with van der Waals surface area (Å²) in [6, 6.07) is 6.22. The molecule has 1 aromatic carbocycles. The van der Waals surface area contributed by atoms with Gasteiger partial charge in [0.15, 0.2) is 0 Å². The van der Waals surface area contributed by atoms with Crippen molar-refractivity contribution in [2.24, 2.45) is 0 Å². The van der Waals surface area contributed by atoms with Crippen molar-refractivity contribution in [1.82, 2.24) is 4.72 Å². The number of ether oxygens (including phenoxy) is 1. The lowest BCUT2D eigenvalue weighted by atomic mass is 10.1. The van der Waals surface area contributed by atoms with E-state index >= 15 is 0 Å². The predicted molar refractivity (Wildman–Crippen MR) is 98.9 cm³/mol. The largest absolute Gasteiger partial charge is 0.441 e. The van der Waals surface area contributed by atoms with Gasteiger partial charge < -0.3 is 4.74 Å². The van der Waals surface area contributed by atoms with Gasteiger partial charge in [-0.3, -0.25) is 0 Å². The fraction of sp³-hybridized carbons (Fsp3) is 0.474. The van der Waals surface area contributed by atoms with E-state index in [1.54, 1.807) is 12.1 Å². The Kier molecular flexibility index (Phi) is 9.03. The maximum Gasteiger partial charge on any atom is 0.421 e. The molecule has 0 aliphatic heterocycles. The molecule has 0 fully saturated rings.